The van der Waals surface area contributed by atoms with Crippen molar-refractivity contribution in [1.82, 2.24) is 58.8 Å². The molecule has 20 heteroatoms. The van der Waals surface area contributed by atoms with Crippen molar-refractivity contribution in [2.24, 2.45) is 0 Å². The van der Waals surface area contributed by atoms with E-state index in [4.69, 9.17) is 9.47 Å². The lowest BCUT2D eigenvalue weighted by atomic mass is 9.69. The van der Waals surface area contributed by atoms with Gasteiger partial charge in [-0.3, -0.25) is 58.4 Å². The van der Waals surface area contributed by atoms with Crippen molar-refractivity contribution in [2.75, 3.05) is 93.8 Å². The highest BCUT2D eigenvalue weighted by molar-refractivity contribution is 5.96. The van der Waals surface area contributed by atoms with Crippen LogP contribution in [-0.2, 0) is 0 Å². The Hall–Kier alpha value is -10.5. The molecule has 31 rings (SSSR count). The number of ether oxygens (including phenoxy) is 2. The number of likely N-dealkylation sites (tertiary alicyclic amines) is 3. The van der Waals surface area contributed by atoms with Crippen molar-refractivity contribution in [1.29, 1.82) is 0 Å². The second-order valence-corrected chi connectivity index (χ2v) is 41.8. The van der Waals surface area contributed by atoms with Crippen molar-refractivity contribution in [2.45, 2.75) is 269 Å². The van der Waals surface area contributed by atoms with Crippen molar-refractivity contribution < 1.29 is 38.9 Å². The SMILES string of the molecule is C=CCN1C2CCC3C1CCC2N3C(c1ccc(C(=O)N(C)C)cc1)c1cccc(O)c1.C=CCN1C2CCC3C1CCC2N3C(c1ccc(C(=O)N2CCCC2)cc1)c1cccc(O)c1.C=CCN1C2CCC3C1CCC2N3C(c1ccc(C(=O)N2CCCC2)cc1)c1cccc(OC)c1.C=CCN1C2CCC3C1CCC2N3C(c1ccc(C(=O)N2CCCCC2)cc1)c1cccc(OC)c1. The van der Waals surface area contributed by atoms with E-state index in [0.29, 0.717) is 114 Å². The highest BCUT2D eigenvalue weighted by Crippen LogP contribution is 2.57. The summed E-state index contributed by atoms with van der Waals surface area (Å²) in [6.45, 7) is 25.3. The number of methoxy groups -OCH3 is 2. The van der Waals surface area contributed by atoms with E-state index in [0.717, 1.165) is 143 Å². The number of fused-ring (bicyclic) bond motifs is 8. The summed E-state index contributed by atoms with van der Waals surface area (Å²) in [7, 11) is 7.04. The number of phenols is 2. The molecule has 20 unspecified atom stereocenters. The number of piperidine rings is 17. The van der Waals surface area contributed by atoms with Gasteiger partial charge in [0.25, 0.3) is 23.6 Å². The molecule has 23 saturated heterocycles. The molecule has 8 aromatic rings. The number of aromatic hydroxyl groups is 2. The number of carbonyl (C=O) groups is 4. The number of nitrogens with zero attached hydrogens (tertiary/aromatic N) is 12. The monoisotopic (exact) mass is 1850 g/mol. The quantitative estimate of drug-likeness (QED) is 0.0491. The lowest BCUT2D eigenvalue weighted by molar-refractivity contribution is -0.151. The third-order valence-corrected chi connectivity index (χ3v) is 34.6. The Morgan fingerprint density at radius 1 is 0.299 bits per heavy atom. The standard InChI is InChI=1S/C31H39N3O2.C30H37N3O2.C29H35N3O2.C27H33N3O2/c1-3-18-33-26-14-16-28-27(33)15-17-29(26)34(28)30(24-8-7-9-25(21-24)36-2)22-10-12-23(13-11-22)31(35)32-19-5-4-6-20-32;1-3-17-32-25-13-15-27-26(32)14-16-28(25)33(27)29(23-7-6-8-24(20-23)35-2)21-9-11-22(12-10-21)30(34)31-18-4-5-19-31;1-2-16-31-24-12-14-26-25(31)13-15-27(24)32(26)28(22-6-5-7-23(33)19-22)20-8-10-21(11-9-20)29(34)30-17-3-4-18-30;1-4-16-29-22-12-14-24-23(29)13-15-25(22)30(24)26(20-6-5-7-21(31)17-20)18-8-10-19(11-9-18)27(32)28(2)3/h3,7-13,21,26-30H,1,4-6,14-20H2,2H3;3,6-12,20,25-29H,1,4-5,13-19H2,2H3;2,5-11,19,24-28,33H,1,3-4,12-18H2;4-11,17,22-26,31H,1,12-16H2,2-3H3. The van der Waals surface area contributed by atoms with Crippen LogP contribution in [0.3, 0.4) is 0 Å². The maximum atomic E-state index is 13.1. The minimum Gasteiger partial charge on any atom is -0.508 e. The number of hydrogen-bond acceptors (Lipinski definition) is 16. The molecule has 23 aliphatic rings. The second kappa shape index (κ2) is 41.5. The van der Waals surface area contributed by atoms with Gasteiger partial charge >= 0.3 is 0 Å². The van der Waals surface area contributed by atoms with Gasteiger partial charge in [0, 0.05) is 198 Å². The highest BCUT2D eigenvalue weighted by Gasteiger charge is 2.61. The molecular weight excluding hydrogens is 1700 g/mol. The van der Waals surface area contributed by atoms with Crippen LogP contribution in [0.25, 0.3) is 0 Å². The molecule has 20 atom stereocenters. The van der Waals surface area contributed by atoms with E-state index in [-0.39, 0.29) is 47.8 Å². The first kappa shape index (κ1) is 94.1. The number of carbonyl (C=O) groups excluding carboxylic acids is 4. The van der Waals surface area contributed by atoms with E-state index < -0.39 is 0 Å². The third kappa shape index (κ3) is 18.3. The maximum Gasteiger partial charge on any atom is 0.253 e. The van der Waals surface area contributed by atoms with Crippen LogP contribution in [0, 0.1) is 0 Å². The lowest BCUT2D eigenvalue weighted by Crippen LogP contribution is -2.75. The second-order valence-electron chi connectivity index (χ2n) is 41.8. The summed E-state index contributed by atoms with van der Waals surface area (Å²) in [6, 6.07) is 75.3. The fourth-order valence-electron chi connectivity index (χ4n) is 29.0. The zero-order chi connectivity index (χ0) is 94.2. The maximum absolute atomic E-state index is 13.1. The minimum atomic E-state index is 0.0154. The van der Waals surface area contributed by atoms with Crippen LogP contribution in [0.5, 0.6) is 23.0 Å². The fraction of sp³-hybridized carbons (Fsp3) is 0.487. The molecule has 0 spiro atoms. The molecule has 4 amide bonds. The van der Waals surface area contributed by atoms with E-state index in [9.17, 15) is 29.4 Å². The predicted octanol–water partition coefficient (Wildman–Crippen LogP) is 18.8. The third-order valence-electron chi connectivity index (χ3n) is 34.6. The number of phenolic OH excluding ortho intramolecular Hbond substituents is 2. The normalized spacial score (nSPS) is 28.8. The number of hydrogen-bond donors (Lipinski definition) is 2. The van der Waals surface area contributed by atoms with Gasteiger partial charge in [0.1, 0.15) is 23.0 Å². The van der Waals surface area contributed by atoms with Crippen molar-refractivity contribution in [3.8, 4) is 23.0 Å². The zero-order valence-electron chi connectivity index (χ0n) is 81.2. The zero-order valence-corrected chi connectivity index (χ0v) is 81.2. The first-order valence-electron chi connectivity index (χ1n) is 51.9. The molecule has 0 saturated carbocycles. The van der Waals surface area contributed by atoms with Gasteiger partial charge in [-0.1, -0.05) is 121 Å². The summed E-state index contributed by atoms with van der Waals surface area (Å²) < 4.78 is 11.3. The Labute approximate surface area is 813 Å². The average molecular weight is 1850 g/mol. The molecular formula is C117H144N12O8. The van der Waals surface area contributed by atoms with Crippen LogP contribution in [-0.4, -0.2) is 283 Å². The molecule has 23 aliphatic heterocycles. The van der Waals surface area contributed by atoms with E-state index in [1.54, 1.807) is 45.3 Å². The average Bonchev–Trinajstić information content (AvgIpc) is 1.62. The first-order valence-corrected chi connectivity index (χ1v) is 51.9. The van der Waals surface area contributed by atoms with E-state index in [1.807, 2.05) is 93.6 Å². The van der Waals surface area contributed by atoms with Crippen molar-refractivity contribution in [3.63, 3.8) is 0 Å². The van der Waals surface area contributed by atoms with Crippen LogP contribution in [0.1, 0.15) is 258 Å². The van der Waals surface area contributed by atoms with Crippen LogP contribution < -0.4 is 9.47 Å². The molecule has 8 aromatic carbocycles. The largest absolute Gasteiger partial charge is 0.508 e. The molecule has 0 aliphatic carbocycles. The molecule has 23 heterocycles. The Kier molecular flexibility index (Phi) is 28.5. The molecule has 720 valence electrons. The van der Waals surface area contributed by atoms with E-state index in [1.165, 1.54) is 143 Å². The molecule has 2 N–H and O–H groups in total. The van der Waals surface area contributed by atoms with Crippen LogP contribution >= 0.6 is 0 Å². The molecule has 23 fully saturated rings. The number of piperazine rings is 4. The molecule has 20 nitrogen and oxygen atoms in total. The van der Waals surface area contributed by atoms with Gasteiger partial charge in [0.15, 0.2) is 0 Å². The minimum absolute atomic E-state index is 0.0154. The van der Waals surface area contributed by atoms with Gasteiger partial charge < -0.3 is 39.3 Å². The van der Waals surface area contributed by atoms with Gasteiger partial charge in [-0.2, -0.15) is 0 Å². The van der Waals surface area contributed by atoms with Gasteiger partial charge in [0.2, 0.25) is 0 Å². The molecule has 16 bridgehead atoms. The van der Waals surface area contributed by atoms with Gasteiger partial charge in [-0.15, -0.1) is 26.3 Å². The number of amides is 4. The molecule has 0 aromatic heterocycles. The van der Waals surface area contributed by atoms with Crippen molar-refractivity contribution in [3.05, 3.63) is 312 Å². The summed E-state index contributed by atoms with van der Waals surface area (Å²) in [5, 5.41) is 20.6. The summed E-state index contributed by atoms with van der Waals surface area (Å²) in [5.74, 6) is 2.91. The Bertz CT molecular complexity index is 5520. The fourth-order valence-corrected chi connectivity index (χ4v) is 29.0. The highest BCUT2D eigenvalue weighted by atomic mass is 16.5. The summed E-state index contributed by atoms with van der Waals surface area (Å²) in [5.41, 5.74) is 12.8. The van der Waals surface area contributed by atoms with Crippen LogP contribution in [0.4, 0.5) is 0 Å². The lowest BCUT2D eigenvalue weighted by Gasteiger charge is -2.66. The molecule has 137 heavy (non-hydrogen) atoms. The number of rotatable bonds is 26. The van der Waals surface area contributed by atoms with E-state index >= 15 is 0 Å². The van der Waals surface area contributed by atoms with Gasteiger partial charge in [0.05, 0.1) is 38.4 Å². The summed E-state index contributed by atoms with van der Waals surface area (Å²) >= 11 is 0. The Balaban J connectivity index is 0.000000113. The van der Waals surface area contributed by atoms with Crippen LogP contribution in [0.2, 0.25) is 0 Å². The van der Waals surface area contributed by atoms with Gasteiger partial charge in [-0.25, -0.2) is 0 Å². The van der Waals surface area contributed by atoms with Crippen LogP contribution in [0.15, 0.2) is 245 Å². The van der Waals surface area contributed by atoms with E-state index in [2.05, 4.69) is 193 Å². The number of benzene rings is 8. The van der Waals surface area contributed by atoms with Gasteiger partial charge in [-0.05, 0) is 289 Å². The molecule has 0 radical (unpaired) electrons. The summed E-state index contributed by atoms with van der Waals surface area (Å²) in [4.78, 5) is 81.0. The smallest absolute Gasteiger partial charge is 0.253 e. The Morgan fingerprint density at radius 3 is 0.745 bits per heavy atom. The topological polar surface area (TPSA) is 166 Å². The first-order chi connectivity index (χ1) is 67.0. The predicted molar refractivity (Wildman–Crippen MR) is 543 cm³/mol. The van der Waals surface area contributed by atoms with Crippen molar-refractivity contribution >= 4 is 23.6 Å². The Morgan fingerprint density at radius 2 is 0.518 bits per heavy atom. The summed E-state index contributed by atoms with van der Waals surface area (Å²) in [6.07, 6.45) is 36.2.